The second kappa shape index (κ2) is 5.56. The summed E-state index contributed by atoms with van der Waals surface area (Å²) in [4.78, 5) is 14.8. The van der Waals surface area contributed by atoms with E-state index in [0.29, 0.717) is 6.54 Å². The number of phenols is 2. The topological polar surface area (TPSA) is 72.8 Å². The van der Waals surface area contributed by atoms with E-state index in [9.17, 15) is 15.0 Å². The number of para-hydroxylation sites is 1. The first-order chi connectivity index (χ1) is 10.1. The Morgan fingerprint density at radius 1 is 1.19 bits per heavy atom. The molecule has 2 aliphatic rings. The Hall–Kier alpha value is -1.75. The summed E-state index contributed by atoms with van der Waals surface area (Å²) >= 11 is 0. The van der Waals surface area contributed by atoms with Crippen LogP contribution in [-0.4, -0.2) is 46.2 Å². The van der Waals surface area contributed by atoms with Gasteiger partial charge in [0.1, 0.15) is 0 Å². The predicted octanol–water partition coefficient (Wildman–Crippen LogP) is 1.85. The maximum Gasteiger partial charge on any atom is 0.258 e. The Kier molecular flexibility index (Phi) is 3.76. The van der Waals surface area contributed by atoms with Gasteiger partial charge in [0.25, 0.3) is 5.91 Å². The average molecular weight is 290 g/mol. The highest BCUT2D eigenvalue weighted by molar-refractivity contribution is 5.98. The zero-order valence-electron chi connectivity index (χ0n) is 12.1. The Morgan fingerprint density at radius 2 is 1.95 bits per heavy atom. The molecular formula is C16H22N2O3. The van der Waals surface area contributed by atoms with Crippen molar-refractivity contribution in [2.24, 2.45) is 0 Å². The number of nitrogens with one attached hydrogen (secondary N) is 1. The number of hydrogen-bond acceptors (Lipinski definition) is 4. The molecule has 5 nitrogen and oxygen atoms in total. The van der Waals surface area contributed by atoms with Crippen LogP contribution in [0.2, 0.25) is 0 Å². The number of hydrogen-bond donors (Lipinski definition) is 3. The summed E-state index contributed by atoms with van der Waals surface area (Å²) in [6.07, 6.45) is 5.51. The molecule has 1 saturated carbocycles. The average Bonchev–Trinajstić information content (AvgIpc) is 2.51. The van der Waals surface area contributed by atoms with E-state index >= 15 is 0 Å². The van der Waals surface area contributed by atoms with Crippen LogP contribution in [0.1, 0.15) is 42.5 Å². The Morgan fingerprint density at radius 3 is 2.71 bits per heavy atom. The lowest BCUT2D eigenvalue weighted by Crippen LogP contribution is -2.63. The standard InChI is InChI=1S/C16H22N2O3/c19-13-6-4-5-12(14(13)20)15(21)18-10-9-17-11-16(18)7-2-1-3-8-16/h4-6,17,19-20H,1-3,7-11H2. The van der Waals surface area contributed by atoms with Crippen molar-refractivity contribution in [3.05, 3.63) is 23.8 Å². The number of benzene rings is 1. The largest absolute Gasteiger partial charge is 0.504 e. The first kappa shape index (κ1) is 14.2. The monoisotopic (exact) mass is 290 g/mol. The van der Waals surface area contributed by atoms with Crippen molar-refractivity contribution >= 4 is 5.91 Å². The molecule has 1 aliphatic carbocycles. The molecule has 1 aliphatic heterocycles. The van der Waals surface area contributed by atoms with Gasteiger partial charge in [0.05, 0.1) is 11.1 Å². The van der Waals surface area contributed by atoms with Crippen LogP contribution < -0.4 is 5.32 Å². The van der Waals surface area contributed by atoms with E-state index in [1.165, 1.54) is 12.5 Å². The molecule has 2 fully saturated rings. The molecule has 1 saturated heterocycles. The van der Waals surface area contributed by atoms with Gasteiger partial charge in [-0.05, 0) is 25.0 Å². The lowest BCUT2D eigenvalue weighted by molar-refractivity contribution is 0.0220. The van der Waals surface area contributed by atoms with Crippen molar-refractivity contribution in [3.8, 4) is 11.5 Å². The molecule has 5 heteroatoms. The Bertz CT molecular complexity index is 530. The molecule has 0 unspecified atom stereocenters. The molecule has 3 rings (SSSR count). The molecule has 1 aromatic carbocycles. The lowest BCUT2D eigenvalue weighted by atomic mass is 9.78. The van der Waals surface area contributed by atoms with E-state index in [1.54, 1.807) is 12.1 Å². The molecular weight excluding hydrogens is 268 g/mol. The third-order valence-corrected chi connectivity index (χ3v) is 4.81. The summed E-state index contributed by atoms with van der Waals surface area (Å²) < 4.78 is 0. The maximum atomic E-state index is 12.9. The van der Waals surface area contributed by atoms with Crippen molar-refractivity contribution in [1.29, 1.82) is 0 Å². The molecule has 1 amide bonds. The molecule has 0 atom stereocenters. The first-order valence-electron chi connectivity index (χ1n) is 7.68. The third-order valence-electron chi connectivity index (χ3n) is 4.81. The molecule has 0 radical (unpaired) electrons. The normalized spacial score (nSPS) is 21.4. The molecule has 114 valence electrons. The second-order valence-electron chi connectivity index (χ2n) is 6.09. The van der Waals surface area contributed by atoms with E-state index in [-0.39, 0.29) is 28.5 Å². The summed E-state index contributed by atoms with van der Waals surface area (Å²) in [6, 6.07) is 4.56. The van der Waals surface area contributed by atoms with Crippen LogP contribution in [0.4, 0.5) is 0 Å². The van der Waals surface area contributed by atoms with E-state index in [4.69, 9.17) is 0 Å². The fourth-order valence-corrected chi connectivity index (χ4v) is 3.67. The minimum Gasteiger partial charge on any atom is -0.504 e. The fraction of sp³-hybridized carbons (Fsp3) is 0.562. The van der Waals surface area contributed by atoms with Crippen molar-refractivity contribution in [1.82, 2.24) is 10.2 Å². The SMILES string of the molecule is O=C(c1cccc(O)c1O)N1CCNCC12CCCCC2. The first-order valence-corrected chi connectivity index (χ1v) is 7.68. The Labute approximate surface area is 124 Å². The molecule has 0 bridgehead atoms. The molecule has 1 heterocycles. The zero-order valence-corrected chi connectivity index (χ0v) is 12.1. The number of phenolic OH excluding ortho intramolecular Hbond substituents is 2. The summed E-state index contributed by atoms with van der Waals surface area (Å²) in [5, 5.41) is 23.0. The quantitative estimate of drug-likeness (QED) is 0.690. The third kappa shape index (κ3) is 2.46. The van der Waals surface area contributed by atoms with Crippen molar-refractivity contribution < 1.29 is 15.0 Å². The number of piperazine rings is 1. The Balaban J connectivity index is 1.92. The van der Waals surface area contributed by atoms with Crippen LogP contribution in [0.3, 0.4) is 0 Å². The minimum atomic E-state index is -0.313. The second-order valence-corrected chi connectivity index (χ2v) is 6.09. The maximum absolute atomic E-state index is 12.9. The lowest BCUT2D eigenvalue weighted by Gasteiger charge is -2.49. The van der Waals surface area contributed by atoms with Gasteiger partial charge < -0.3 is 20.4 Å². The van der Waals surface area contributed by atoms with Crippen LogP contribution in [0.15, 0.2) is 18.2 Å². The van der Waals surface area contributed by atoms with Crippen molar-refractivity contribution in [3.63, 3.8) is 0 Å². The van der Waals surface area contributed by atoms with Gasteiger partial charge in [-0.1, -0.05) is 25.3 Å². The van der Waals surface area contributed by atoms with Crippen LogP contribution >= 0.6 is 0 Å². The minimum absolute atomic E-state index is 0.133. The van der Waals surface area contributed by atoms with E-state index in [0.717, 1.165) is 38.8 Å². The smallest absolute Gasteiger partial charge is 0.258 e. The zero-order chi connectivity index (χ0) is 14.9. The van der Waals surface area contributed by atoms with Gasteiger partial charge in [0.2, 0.25) is 0 Å². The van der Waals surface area contributed by atoms with Crippen LogP contribution in [-0.2, 0) is 0 Å². The highest BCUT2D eigenvalue weighted by Gasteiger charge is 2.42. The molecule has 1 spiro atoms. The molecule has 3 N–H and O–H groups in total. The number of nitrogens with zero attached hydrogens (tertiary/aromatic N) is 1. The van der Waals surface area contributed by atoms with Gasteiger partial charge in [-0.25, -0.2) is 0 Å². The van der Waals surface area contributed by atoms with Gasteiger partial charge in [0, 0.05) is 19.6 Å². The van der Waals surface area contributed by atoms with Gasteiger partial charge in [-0.3, -0.25) is 4.79 Å². The number of carbonyl (C=O) groups is 1. The molecule has 21 heavy (non-hydrogen) atoms. The molecule has 0 aromatic heterocycles. The summed E-state index contributed by atoms with van der Waals surface area (Å²) in [5.74, 6) is -0.729. The summed E-state index contributed by atoms with van der Waals surface area (Å²) in [7, 11) is 0. The number of aromatic hydroxyl groups is 2. The fourth-order valence-electron chi connectivity index (χ4n) is 3.67. The van der Waals surface area contributed by atoms with Gasteiger partial charge in [-0.15, -0.1) is 0 Å². The van der Waals surface area contributed by atoms with E-state index in [1.807, 2.05) is 4.90 Å². The van der Waals surface area contributed by atoms with Crippen LogP contribution in [0.25, 0.3) is 0 Å². The summed E-state index contributed by atoms with van der Waals surface area (Å²) in [5.41, 5.74) is 0.0627. The number of rotatable bonds is 1. The van der Waals surface area contributed by atoms with Crippen LogP contribution in [0, 0.1) is 0 Å². The van der Waals surface area contributed by atoms with Crippen molar-refractivity contribution in [2.45, 2.75) is 37.6 Å². The summed E-state index contributed by atoms with van der Waals surface area (Å²) in [6.45, 7) is 2.24. The van der Waals surface area contributed by atoms with Gasteiger partial charge in [-0.2, -0.15) is 0 Å². The predicted molar refractivity (Wildman–Crippen MR) is 79.5 cm³/mol. The van der Waals surface area contributed by atoms with E-state index < -0.39 is 0 Å². The van der Waals surface area contributed by atoms with Gasteiger partial charge in [0.15, 0.2) is 11.5 Å². The molecule has 1 aromatic rings. The van der Waals surface area contributed by atoms with E-state index in [2.05, 4.69) is 5.32 Å². The number of carbonyl (C=O) groups excluding carboxylic acids is 1. The van der Waals surface area contributed by atoms with Crippen LogP contribution in [0.5, 0.6) is 11.5 Å². The number of amides is 1. The highest BCUT2D eigenvalue weighted by atomic mass is 16.3. The van der Waals surface area contributed by atoms with Crippen molar-refractivity contribution in [2.75, 3.05) is 19.6 Å². The van der Waals surface area contributed by atoms with Gasteiger partial charge >= 0.3 is 0 Å². The highest BCUT2D eigenvalue weighted by Crippen LogP contribution is 2.37.